The fourth-order valence-corrected chi connectivity index (χ4v) is 1.85. The molecule has 90 valence electrons. The molecular formula is C14H10O4. The van der Waals surface area contributed by atoms with E-state index in [2.05, 4.69) is 0 Å². The van der Waals surface area contributed by atoms with E-state index in [0.29, 0.717) is 10.9 Å². The molecule has 0 unspecified atom stereocenters. The number of carboxylic acid groups (broad SMARTS) is 2. The number of carboxylic acids is 2. The van der Waals surface area contributed by atoms with Gasteiger partial charge in [-0.15, -0.1) is 0 Å². The van der Waals surface area contributed by atoms with Crippen molar-refractivity contribution in [2.24, 2.45) is 0 Å². The Morgan fingerprint density at radius 2 is 1.67 bits per heavy atom. The molecule has 0 bridgehead atoms. The molecule has 2 rings (SSSR count). The van der Waals surface area contributed by atoms with Crippen LogP contribution in [-0.2, 0) is 4.79 Å². The van der Waals surface area contributed by atoms with Gasteiger partial charge in [0.05, 0.1) is 5.56 Å². The summed E-state index contributed by atoms with van der Waals surface area (Å²) in [4.78, 5) is 21.7. The Balaban J connectivity index is 2.73. The lowest BCUT2D eigenvalue weighted by molar-refractivity contribution is -0.131. The summed E-state index contributed by atoms with van der Waals surface area (Å²) in [5.41, 5.74) is 0.742. The van der Waals surface area contributed by atoms with E-state index < -0.39 is 11.9 Å². The van der Waals surface area contributed by atoms with Crippen molar-refractivity contribution in [2.75, 3.05) is 0 Å². The Morgan fingerprint density at radius 1 is 1.00 bits per heavy atom. The van der Waals surface area contributed by atoms with Gasteiger partial charge in [-0.3, -0.25) is 0 Å². The van der Waals surface area contributed by atoms with Crippen LogP contribution in [-0.4, -0.2) is 22.2 Å². The van der Waals surface area contributed by atoms with Crippen molar-refractivity contribution < 1.29 is 19.8 Å². The average molecular weight is 242 g/mol. The zero-order valence-electron chi connectivity index (χ0n) is 9.33. The van der Waals surface area contributed by atoms with E-state index in [4.69, 9.17) is 10.2 Å². The van der Waals surface area contributed by atoms with Gasteiger partial charge in [0.15, 0.2) is 0 Å². The summed E-state index contributed by atoms with van der Waals surface area (Å²) >= 11 is 0. The number of hydrogen-bond donors (Lipinski definition) is 2. The van der Waals surface area contributed by atoms with Gasteiger partial charge in [0.25, 0.3) is 0 Å². The summed E-state index contributed by atoms with van der Waals surface area (Å²) in [7, 11) is 0. The Kier molecular flexibility index (Phi) is 3.10. The van der Waals surface area contributed by atoms with Gasteiger partial charge >= 0.3 is 11.9 Å². The van der Waals surface area contributed by atoms with Crippen molar-refractivity contribution in [1.29, 1.82) is 0 Å². The van der Waals surface area contributed by atoms with Gasteiger partial charge in [0, 0.05) is 11.5 Å². The van der Waals surface area contributed by atoms with Crippen LogP contribution in [0.1, 0.15) is 15.9 Å². The Morgan fingerprint density at radius 3 is 2.28 bits per heavy atom. The number of benzene rings is 2. The molecule has 0 aliphatic heterocycles. The average Bonchev–Trinajstić information content (AvgIpc) is 2.35. The minimum absolute atomic E-state index is 0.165. The summed E-state index contributed by atoms with van der Waals surface area (Å²) < 4.78 is 0. The molecule has 0 aliphatic carbocycles. The summed E-state index contributed by atoms with van der Waals surface area (Å²) in [5.74, 6) is -2.10. The van der Waals surface area contributed by atoms with Gasteiger partial charge in [-0.25, -0.2) is 9.59 Å². The molecule has 0 saturated heterocycles. The van der Waals surface area contributed by atoms with Crippen molar-refractivity contribution in [2.45, 2.75) is 0 Å². The standard InChI is InChI=1S/C14H10O4/c15-12(16)8-7-10-4-1-3-9-5-2-6-11(13(9)10)14(17)18/h1-8H,(H,15,16)(H,17,18)/b8-7+. The van der Waals surface area contributed by atoms with Gasteiger partial charge in [-0.1, -0.05) is 30.3 Å². The number of aliphatic carboxylic acids is 1. The number of aromatic carboxylic acids is 1. The van der Waals surface area contributed by atoms with Crippen LogP contribution in [0.4, 0.5) is 0 Å². The van der Waals surface area contributed by atoms with Crippen LogP contribution in [0.3, 0.4) is 0 Å². The normalized spacial score (nSPS) is 10.9. The summed E-state index contributed by atoms with van der Waals surface area (Å²) in [5, 5.41) is 19.1. The van der Waals surface area contributed by atoms with E-state index in [9.17, 15) is 9.59 Å². The SMILES string of the molecule is O=C(O)/C=C/c1cccc2cccc(C(=O)O)c12. The van der Waals surface area contributed by atoms with Gasteiger partial charge in [0.2, 0.25) is 0 Å². The third kappa shape index (κ3) is 2.22. The Bertz CT molecular complexity index is 651. The van der Waals surface area contributed by atoms with Gasteiger partial charge in [-0.05, 0) is 23.1 Å². The highest BCUT2D eigenvalue weighted by Crippen LogP contribution is 2.24. The molecule has 2 aromatic carbocycles. The second-order valence-corrected chi connectivity index (χ2v) is 3.73. The molecule has 0 atom stereocenters. The van der Waals surface area contributed by atoms with Crippen LogP contribution >= 0.6 is 0 Å². The Labute approximate surface area is 103 Å². The van der Waals surface area contributed by atoms with Crippen molar-refractivity contribution in [1.82, 2.24) is 0 Å². The summed E-state index contributed by atoms with van der Waals surface area (Å²) in [6.45, 7) is 0. The molecule has 2 aromatic rings. The second kappa shape index (κ2) is 4.71. The van der Waals surface area contributed by atoms with Gasteiger partial charge < -0.3 is 10.2 Å². The zero-order chi connectivity index (χ0) is 13.1. The minimum Gasteiger partial charge on any atom is -0.478 e. The van der Waals surface area contributed by atoms with Crippen LogP contribution in [0.25, 0.3) is 16.8 Å². The lowest BCUT2D eigenvalue weighted by Gasteiger charge is -2.05. The van der Waals surface area contributed by atoms with Crippen molar-refractivity contribution in [3.8, 4) is 0 Å². The zero-order valence-corrected chi connectivity index (χ0v) is 9.33. The largest absolute Gasteiger partial charge is 0.478 e. The highest BCUT2D eigenvalue weighted by atomic mass is 16.4. The molecule has 0 aromatic heterocycles. The first-order valence-electron chi connectivity index (χ1n) is 5.25. The number of fused-ring (bicyclic) bond motifs is 1. The predicted molar refractivity (Wildman–Crippen MR) is 67.6 cm³/mol. The van der Waals surface area contributed by atoms with E-state index >= 15 is 0 Å². The van der Waals surface area contributed by atoms with Crippen molar-refractivity contribution in [3.63, 3.8) is 0 Å². The maximum Gasteiger partial charge on any atom is 0.336 e. The van der Waals surface area contributed by atoms with Crippen LogP contribution in [0.5, 0.6) is 0 Å². The van der Waals surface area contributed by atoms with Crippen LogP contribution in [0.15, 0.2) is 42.5 Å². The van der Waals surface area contributed by atoms with Crippen molar-refractivity contribution in [3.05, 3.63) is 53.6 Å². The molecule has 0 radical (unpaired) electrons. The fraction of sp³-hybridized carbons (Fsp3) is 0. The molecule has 0 heterocycles. The molecule has 4 nitrogen and oxygen atoms in total. The number of carbonyl (C=O) groups is 2. The third-order valence-electron chi connectivity index (χ3n) is 2.57. The molecular weight excluding hydrogens is 232 g/mol. The van der Waals surface area contributed by atoms with E-state index in [1.807, 2.05) is 0 Å². The van der Waals surface area contributed by atoms with Gasteiger partial charge in [0.1, 0.15) is 0 Å². The first-order chi connectivity index (χ1) is 8.59. The molecule has 0 spiro atoms. The second-order valence-electron chi connectivity index (χ2n) is 3.73. The molecule has 0 fully saturated rings. The molecule has 18 heavy (non-hydrogen) atoms. The molecule has 4 heteroatoms. The topological polar surface area (TPSA) is 74.6 Å². The lowest BCUT2D eigenvalue weighted by atomic mass is 9.99. The number of hydrogen-bond acceptors (Lipinski definition) is 2. The van der Waals surface area contributed by atoms with Gasteiger partial charge in [-0.2, -0.15) is 0 Å². The summed E-state index contributed by atoms with van der Waals surface area (Å²) in [6, 6.07) is 10.2. The highest BCUT2D eigenvalue weighted by molar-refractivity contribution is 6.07. The van der Waals surface area contributed by atoms with Crippen LogP contribution in [0, 0.1) is 0 Å². The van der Waals surface area contributed by atoms with Crippen LogP contribution < -0.4 is 0 Å². The quantitative estimate of drug-likeness (QED) is 0.811. The van der Waals surface area contributed by atoms with E-state index in [0.717, 1.165) is 11.5 Å². The van der Waals surface area contributed by atoms with Crippen LogP contribution in [0.2, 0.25) is 0 Å². The molecule has 0 aliphatic rings. The smallest absolute Gasteiger partial charge is 0.336 e. The summed E-state index contributed by atoms with van der Waals surface area (Å²) in [6.07, 6.45) is 2.39. The molecule has 0 amide bonds. The molecule has 2 N–H and O–H groups in total. The first-order valence-corrected chi connectivity index (χ1v) is 5.25. The lowest BCUT2D eigenvalue weighted by Crippen LogP contribution is -1.98. The third-order valence-corrected chi connectivity index (χ3v) is 2.57. The maximum absolute atomic E-state index is 11.2. The first kappa shape index (κ1) is 11.9. The van der Waals surface area contributed by atoms with Crippen molar-refractivity contribution >= 4 is 28.8 Å². The fourth-order valence-electron chi connectivity index (χ4n) is 1.85. The number of rotatable bonds is 3. The van der Waals surface area contributed by atoms with E-state index in [1.165, 1.54) is 12.1 Å². The monoisotopic (exact) mass is 242 g/mol. The van der Waals surface area contributed by atoms with E-state index in [1.54, 1.807) is 30.3 Å². The predicted octanol–water partition coefficient (Wildman–Crippen LogP) is 2.64. The van der Waals surface area contributed by atoms with E-state index in [-0.39, 0.29) is 5.56 Å². The minimum atomic E-state index is -1.07. The maximum atomic E-state index is 11.2. The Hall–Kier alpha value is -2.62. The molecule has 0 saturated carbocycles. The highest BCUT2D eigenvalue weighted by Gasteiger charge is 2.10.